The van der Waals surface area contributed by atoms with Crippen LogP contribution in [0.2, 0.25) is 0 Å². The molecular formula is C19H37BrN2O. The Morgan fingerprint density at radius 1 is 0.783 bits per heavy atom. The van der Waals surface area contributed by atoms with Gasteiger partial charge in [0.15, 0.2) is 0 Å². The van der Waals surface area contributed by atoms with Gasteiger partial charge in [-0.25, -0.2) is 4.79 Å². The number of hydrogen-bond donors (Lipinski definition) is 2. The first-order valence-corrected chi connectivity index (χ1v) is 10.7. The number of nitrogens with one attached hydrogen (secondary N) is 2. The second-order valence-electron chi connectivity index (χ2n) is 6.10. The molecular weight excluding hydrogens is 352 g/mol. The standard InChI is InChI=1S/C19H37BrN2O/c1-2-3-14-17-21-19(23)22-18-15-12-10-8-6-4-5-7-9-11-13-16-20/h6,8H,2-5,7,9-18H2,1H3,(H2,21,22,23). The van der Waals surface area contributed by atoms with Gasteiger partial charge in [-0.3, -0.25) is 0 Å². The van der Waals surface area contributed by atoms with E-state index in [1.54, 1.807) is 0 Å². The number of unbranched alkanes of at least 4 members (excludes halogenated alkanes) is 9. The lowest BCUT2D eigenvalue weighted by molar-refractivity contribution is 0.240. The zero-order valence-electron chi connectivity index (χ0n) is 15.0. The Labute approximate surface area is 152 Å². The Balaban J connectivity index is 3.19. The summed E-state index contributed by atoms with van der Waals surface area (Å²) in [6.45, 7) is 3.74. The third-order valence-electron chi connectivity index (χ3n) is 3.82. The highest BCUT2D eigenvalue weighted by molar-refractivity contribution is 9.09. The van der Waals surface area contributed by atoms with Gasteiger partial charge in [-0.05, 0) is 44.9 Å². The summed E-state index contributed by atoms with van der Waals surface area (Å²) in [5, 5.41) is 6.95. The normalized spacial score (nSPS) is 11.0. The number of halogens is 1. The van der Waals surface area contributed by atoms with Gasteiger partial charge in [0.1, 0.15) is 0 Å². The van der Waals surface area contributed by atoms with Gasteiger partial charge >= 0.3 is 6.03 Å². The van der Waals surface area contributed by atoms with Gasteiger partial charge in [-0.1, -0.05) is 67.1 Å². The lowest BCUT2D eigenvalue weighted by Gasteiger charge is -2.06. The molecule has 0 rings (SSSR count). The van der Waals surface area contributed by atoms with E-state index in [1.807, 2.05) is 0 Å². The maximum Gasteiger partial charge on any atom is 0.314 e. The molecule has 136 valence electrons. The van der Waals surface area contributed by atoms with Gasteiger partial charge in [0.2, 0.25) is 0 Å². The predicted molar refractivity (Wildman–Crippen MR) is 105 cm³/mol. The Morgan fingerprint density at radius 2 is 1.30 bits per heavy atom. The highest BCUT2D eigenvalue weighted by Gasteiger charge is 1.97. The van der Waals surface area contributed by atoms with E-state index in [4.69, 9.17) is 0 Å². The van der Waals surface area contributed by atoms with Crippen LogP contribution in [0.25, 0.3) is 0 Å². The largest absolute Gasteiger partial charge is 0.338 e. The van der Waals surface area contributed by atoms with E-state index in [0.717, 1.165) is 44.1 Å². The first-order chi connectivity index (χ1) is 11.3. The van der Waals surface area contributed by atoms with E-state index in [9.17, 15) is 4.79 Å². The smallest absolute Gasteiger partial charge is 0.314 e. The predicted octanol–water partition coefficient (Wildman–Crippen LogP) is 5.94. The van der Waals surface area contributed by atoms with Crippen LogP contribution in [0.15, 0.2) is 12.2 Å². The summed E-state index contributed by atoms with van der Waals surface area (Å²) in [6.07, 6.45) is 19.3. The van der Waals surface area contributed by atoms with Crippen LogP contribution in [0, 0.1) is 0 Å². The first kappa shape index (κ1) is 22.5. The van der Waals surface area contributed by atoms with E-state index >= 15 is 0 Å². The highest BCUT2D eigenvalue weighted by Crippen LogP contribution is 2.07. The van der Waals surface area contributed by atoms with E-state index < -0.39 is 0 Å². The maximum absolute atomic E-state index is 11.5. The van der Waals surface area contributed by atoms with Gasteiger partial charge in [-0.15, -0.1) is 0 Å². The second kappa shape index (κ2) is 19.5. The topological polar surface area (TPSA) is 41.1 Å². The minimum Gasteiger partial charge on any atom is -0.338 e. The molecule has 2 N–H and O–H groups in total. The lowest BCUT2D eigenvalue weighted by Crippen LogP contribution is -2.36. The van der Waals surface area contributed by atoms with Crippen LogP contribution >= 0.6 is 15.9 Å². The molecule has 0 aromatic carbocycles. The molecule has 0 bridgehead atoms. The molecule has 0 aliphatic carbocycles. The van der Waals surface area contributed by atoms with Crippen molar-refractivity contribution in [2.24, 2.45) is 0 Å². The number of carbonyl (C=O) groups excluding carboxylic acids is 1. The van der Waals surface area contributed by atoms with Crippen molar-refractivity contribution in [3.63, 3.8) is 0 Å². The Hall–Kier alpha value is -0.510. The van der Waals surface area contributed by atoms with E-state index in [0.29, 0.717) is 0 Å². The van der Waals surface area contributed by atoms with Crippen molar-refractivity contribution >= 4 is 22.0 Å². The summed E-state index contributed by atoms with van der Waals surface area (Å²) in [6, 6.07) is -0.0171. The molecule has 4 heteroatoms. The van der Waals surface area contributed by atoms with Crippen LogP contribution in [-0.2, 0) is 0 Å². The van der Waals surface area contributed by atoms with Gasteiger partial charge in [0.05, 0.1) is 0 Å². The molecule has 0 heterocycles. The van der Waals surface area contributed by atoms with Crippen molar-refractivity contribution in [3.05, 3.63) is 12.2 Å². The molecule has 23 heavy (non-hydrogen) atoms. The zero-order valence-corrected chi connectivity index (χ0v) is 16.6. The number of hydrogen-bond acceptors (Lipinski definition) is 1. The molecule has 0 atom stereocenters. The quantitative estimate of drug-likeness (QED) is 0.191. The molecule has 0 saturated carbocycles. The molecule has 0 aromatic rings. The fourth-order valence-electron chi connectivity index (χ4n) is 2.35. The van der Waals surface area contributed by atoms with E-state index in [2.05, 4.69) is 45.6 Å². The molecule has 0 unspecified atom stereocenters. The minimum atomic E-state index is -0.0171. The van der Waals surface area contributed by atoms with Crippen LogP contribution < -0.4 is 10.6 Å². The number of amides is 2. The second-order valence-corrected chi connectivity index (χ2v) is 6.90. The van der Waals surface area contributed by atoms with Crippen molar-refractivity contribution in [2.75, 3.05) is 18.4 Å². The van der Waals surface area contributed by atoms with Crippen molar-refractivity contribution in [1.82, 2.24) is 10.6 Å². The third-order valence-corrected chi connectivity index (χ3v) is 4.38. The summed E-state index contributed by atoms with van der Waals surface area (Å²) in [5.74, 6) is 0. The molecule has 2 amide bonds. The number of rotatable bonds is 16. The molecule has 0 spiro atoms. The number of allylic oxidation sites excluding steroid dienone is 2. The fraction of sp³-hybridized carbons (Fsp3) is 0.842. The molecule has 0 saturated heterocycles. The van der Waals surface area contributed by atoms with Crippen molar-refractivity contribution in [2.45, 2.75) is 84.0 Å². The summed E-state index contributed by atoms with van der Waals surface area (Å²) >= 11 is 3.47. The highest BCUT2D eigenvalue weighted by atomic mass is 79.9. The van der Waals surface area contributed by atoms with E-state index in [1.165, 1.54) is 51.4 Å². The maximum atomic E-state index is 11.5. The van der Waals surface area contributed by atoms with Crippen LogP contribution in [0.1, 0.15) is 84.0 Å². The number of carbonyl (C=O) groups is 1. The summed E-state index contributed by atoms with van der Waals surface area (Å²) in [5.41, 5.74) is 0. The van der Waals surface area contributed by atoms with Gasteiger partial charge in [0.25, 0.3) is 0 Å². The number of alkyl halides is 1. The fourth-order valence-corrected chi connectivity index (χ4v) is 2.75. The molecule has 0 aliphatic heterocycles. The minimum absolute atomic E-state index is 0.0171. The van der Waals surface area contributed by atoms with Crippen molar-refractivity contribution in [1.29, 1.82) is 0 Å². The molecule has 0 fully saturated rings. The summed E-state index contributed by atoms with van der Waals surface area (Å²) < 4.78 is 0. The van der Waals surface area contributed by atoms with Gasteiger partial charge < -0.3 is 10.6 Å². The SMILES string of the molecule is CCCCCNC(=O)NCCCCC=CCCCCCCCBr. The zero-order chi connectivity index (χ0) is 17.0. The Morgan fingerprint density at radius 3 is 1.91 bits per heavy atom. The van der Waals surface area contributed by atoms with Crippen molar-refractivity contribution < 1.29 is 4.79 Å². The molecule has 0 radical (unpaired) electrons. The molecule has 0 aliphatic rings. The number of urea groups is 1. The first-order valence-electron chi connectivity index (χ1n) is 9.54. The molecule has 0 aromatic heterocycles. The summed E-state index contributed by atoms with van der Waals surface area (Å²) in [4.78, 5) is 11.5. The average molecular weight is 389 g/mol. The van der Waals surface area contributed by atoms with E-state index in [-0.39, 0.29) is 6.03 Å². The van der Waals surface area contributed by atoms with Crippen molar-refractivity contribution in [3.8, 4) is 0 Å². The Bertz CT molecular complexity index is 283. The van der Waals surface area contributed by atoms with Gasteiger partial charge in [0, 0.05) is 18.4 Å². The van der Waals surface area contributed by atoms with Crippen LogP contribution in [-0.4, -0.2) is 24.5 Å². The third kappa shape index (κ3) is 19.4. The van der Waals surface area contributed by atoms with Crippen LogP contribution in [0.4, 0.5) is 4.79 Å². The lowest BCUT2D eigenvalue weighted by atomic mass is 10.1. The monoisotopic (exact) mass is 388 g/mol. The van der Waals surface area contributed by atoms with Crippen LogP contribution in [0.5, 0.6) is 0 Å². The summed E-state index contributed by atoms with van der Waals surface area (Å²) in [7, 11) is 0. The average Bonchev–Trinajstić information content (AvgIpc) is 2.56. The van der Waals surface area contributed by atoms with Gasteiger partial charge in [-0.2, -0.15) is 0 Å². The van der Waals surface area contributed by atoms with Crippen LogP contribution in [0.3, 0.4) is 0 Å². The Kier molecular flexibility index (Phi) is 19.1. The molecule has 3 nitrogen and oxygen atoms in total.